The predicted molar refractivity (Wildman–Crippen MR) is 69.5 cm³/mol. The summed E-state index contributed by atoms with van der Waals surface area (Å²) in [5, 5.41) is 7.05. The Bertz CT molecular complexity index is 833. The number of para-hydroxylation sites is 1. The molecule has 0 fully saturated rings. The van der Waals surface area contributed by atoms with Crippen LogP contribution < -0.4 is 5.56 Å². The van der Waals surface area contributed by atoms with Crippen LogP contribution in [0.25, 0.3) is 22.4 Å². The van der Waals surface area contributed by atoms with Gasteiger partial charge in [-0.2, -0.15) is 5.10 Å². The first-order chi connectivity index (χ1) is 9.08. The smallest absolute Gasteiger partial charge is 0.267 e. The van der Waals surface area contributed by atoms with E-state index < -0.39 is 5.82 Å². The van der Waals surface area contributed by atoms with Crippen LogP contribution in [0, 0.1) is 19.7 Å². The third kappa shape index (κ3) is 1.74. The number of furan rings is 1. The Morgan fingerprint density at radius 2 is 2.05 bits per heavy atom. The largest absolute Gasteiger partial charge is 0.451 e. The lowest BCUT2D eigenvalue weighted by molar-refractivity contribution is 0.566. The van der Waals surface area contributed by atoms with Crippen LogP contribution in [0.1, 0.15) is 11.1 Å². The molecule has 3 rings (SSSR count). The fourth-order valence-corrected chi connectivity index (χ4v) is 2.01. The number of aromatic amines is 1. The van der Waals surface area contributed by atoms with Crippen LogP contribution in [-0.2, 0) is 0 Å². The van der Waals surface area contributed by atoms with Crippen molar-refractivity contribution in [3.8, 4) is 11.5 Å². The molecule has 0 bridgehead atoms. The van der Waals surface area contributed by atoms with E-state index in [-0.39, 0.29) is 11.1 Å². The standard InChI is InChI=1S/C14H11FN2O2/c1-7-8(2)14(18)17-16-12(7)11-6-9-4-3-5-10(15)13(9)19-11/h3-6H,1-2H3,(H,17,18). The van der Waals surface area contributed by atoms with Gasteiger partial charge in [-0.1, -0.05) is 12.1 Å². The van der Waals surface area contributed by atoms with E-state index in [4.69, 9.17) is 4.42 Å². The van der Waals surface area contributed by atoms with Crippen LogP contribution in [0.5, 0.6) is 0 Å². The molecule has 1 aromatic carbocycles. The van der Waals surface area contributed by atoms with Crippen molar-refractivity contribution in [3.63, 3.8) is 0 Å². The number of H-pyrrole nitrogens is 1. The molecule has 96 valence electrons. The Hall–Kier alpha value is -2.43. The van der Waals surface area contributed by atoms with Crippen molar-refractivity contribution in [2.24, 2.45) is 0 Å². The van der Waals surface area contributed by atoms with Gasteiger partial charge in [0.1, 0.15) is 5.69 Å². The van der Waals surface area contributed by atoms with E-state index in [1.807, 2.05) is 0 Å². The van der Waals surface area contributed by atoms with Crippen molar-refractivity contribution in [1.82, 2.24) is 10.2 Å². The van der Waals surface area contributed by atoms with E-state index in [0.717, 1.165) is 5.56 Å². The maximum Gasteiger partial charge on any atom is 0.267 e. The molecule has 0 saturated carbocycles. The molecule has 0 atom stereocenters. The number of hydrogen-bond donors (Lipinski definition) is 1. The number of aromatic nitrogens is 2. The lowest BCUT2D eigenvalue weighted by atomic mass is 10.1. The second kappa shape index (κ2) is 4.05. The molecule has 2 aromatic heterocycles. The van der Waals surface area contributed by atoms with E-state index in [1.54, 1.807) is 32.0 Å². The molecule has 0 saturated heterocycles. The summed E-state index contributed by atoms with van der Waals surface area (Å²) in [6, 6.07) is 6.44. The van der Waals surface area contributed by atoms with Crippen LogP contribution in [0.4, 0.5) is 4.39 Å². The Kier molecular flexibility index (Phi) is 2.48. The summed E-state index contributed by atoms with van der Waals surface area (Å²) < 4.78 is 19.1. The quantitative estimate of drug-likeness (QED) is 0.730. The van der Waals surface area contributed by atoms with Crippen molar-refractivity contribution in [2.45, 2.75) is 13.8 Å². The van der Waals surface area contributed by atoms with E-state index in [2.05, 4.69) is 10.2 Å². The normalized spacial score (nSPS) is 11.1. The van der Waals surface area contributed by atoms with Gasteiger partial charge in [0.15, 0.2) is 17.2 Å². The second-order valence-corrected chi connectivity index (χ2v) is 4.42. The van der Waals surface area contributed by atoms with E-state index in [0.29, 0.717) is 22.4 Å². The predicted octanol–water partition coefficient (Wildman–Crippen LogP) is 2.94. The molecule has 0 aliphatic rings. The fourth-order valence-electron chi connectivity index (χ4n) is 2.01. The minimum Gasteiger partial charge on any atom is -0.451 e. The van der Waals surface area contributed by atoms with E-state index in [1.165, 1.54) is 6.07 Å². The van der Waals surface area contributed by atoms with E-state index in [9.17, 15) is 9.18 Å². The molecule has 0 spiro atoms. The highest BCUT2D eigenvalue weighted by Crippen LogP contribution is 2.29. The van der Waals surface area contributed by atoms with Gasteiger partial charge in [-0.25, -0.2) is 9.49 Å². The zero-order chi connectivity index (χ0) is 13.6. The third-order valence-corrected chi connectivity index (χ3v) is 3.26. The zero-order valence-electron chi connectivity index (χ0n) is 10.5. The number of halogens is 1. The van der Waals surface area contributed by atoms with Crippen molar-refractivity contribution in [3.05, 3.63) is 51.6 Å². The Labute approximate surface area is 107 Å². The molecule has 1 N–H and O–H groups in total. The van der Waals surface area contributed by atoms with Gasteiger partial charge in [0.2, 0.25) is 0 Å². The minimum atomic E-state index is -0.414. The fraction of sp³-hybridized carbons (Fsp3) is 0.143. The average molecular weight is 258 g/mol. The minimum absolute atomic E-state index is 0.197. The van der Waals surface area contributed by atoms with Gasteiger partial charge in [0, 0.05) is 10.9 Å². The molecular weight excluding hydrogens is 247 g/mol. The van der Waals surface area contributed by atoms with Crippen LogP contribution in [-0.4, -0.2) is 10.2 Å². The van der Waals surface area contributed by atoms with Crippen molar-refractivity contribution in [1.29, 1.82) is 0 Å². The Morgan fingerprint density at radius 1 is 1.26 bits per heavy atom. The summed E-state index contributed by atoms with van der Waals surface area (Å²) in [5.74, 6) is 0.0273. The van der Waals surface area contributed by atoms with Gasteiger partial charge < -0.3 is 4.42 Å². The maximum absolute atomic E-state index is 13.6. The van der Waals surface area contributed by atoms with Crippen LogP contribution >= 0.6 is 0 Å². The third-order valence-electron chi connectivity index (χ3n) is 3.26. The summed E-state index contributed by atoms with van der Waals surface area (Å²) in [4.78, 5) is 11.4. The first-order valence-corrected chi connectivity index (χ1v) is 5.82. The number of nitrogens with one attached hydrogen (secondary N) is 1. The lowest BCUT2D eigenvalue weighted by Crippen LogP contribution is -2.14. The van der Waals surface area contributed by atoms with E-state index >= 15 is 0 Å². The highest BCUT2D eigenvalue weighted by atomic mass is 19.1. The molecule has 3 aromatic rings. The molecular formula is C14H11FN2O2. The number of benzene rings is 1. The molecule has 4 nitrogen and oxygen atoms in total. The van der Waals surface area contributed by atoms with Gasteiger partial charge >= 0.3 is 0 Å². The molecule has 5 heteroatoms. The molecule has 19 heavy (non-hydrogen) atoms. The second-order valence-electron chi connectivity index (χ2n) is 4.42. The van der Waals surface area contributed by atoms with Crippen molar-refractivity contribution >= 4 is 11.0 Å². The molecule has 0 radical (unpaired) electrons. The molecule has 0 amide bonds. The number of nitrogens with zero attached hydrogens (tertiary/aromatic N) is 1. The number of rotatable bonds is 1. The van der Waals surface area contributed by atoms with Crippen molar-refractivity contribution < 1.29 is 8.81 Å². The highest BCUT2D eigenvalue weighted by molar-refractivity contribution is 5.83. The summed E-state index contributed by atoms with van der Waals surface area (Å²) in [7, 11) is 0. The number of fused-ring (bicyclic) bond motifs is 1. The lowest BCUT2D eigenvalue weighted by Gasteiger charge is -2.02. The first-order valence-electron chi connectivity index (χ1n) is 5.82. The SMILES string of the molecule is Cc1c(-c2cc3cccc(F)c3o2)n[nH]c(=O)c1C. The van der Waals surface area contributed by atoms with Gasteiger partial charge in [-0.05, 0) is 31.5 Å². The summed E-state index contributed by atoms with van der Waals surface area (Å²) in [5.41, 5.74) is 1.79. The average Bonchev–Trinajstić information content (AvgIpc) is 2.81. The van der Waals surface area contributed by atoms with Crippen LogP contribution in [0.3, 0.4) is 0 Å². The summed E-state index contributed by atoms with van der Waals surface area (Å²) in [6.45, 7) is 3.50. The van der Waals surface area contributed by atoms with Crippen molar-refractivity contribution in [2.75, 3.05) is 0 Å². The highest BCUT2D eigenvalue weighted by Gasteiger charge is 2.14. The van der Waals surface area contributed by atoms with Gasteiger partial charge in [-0.3, -0.25) is 4.79 Å². The van der Waals surface area contributed by atoms with Gasteiger partial charge in [-0.15, -0.1) is 0 Å². The Morgan fingerprint density at radius 3 is 2.79 bits per heavy atom. The summed E-state index contributed by atoms with van der Waals surface area (Å²) in [6.07, 6.45) is 0. The Balaban J connectivity index is 2.28. The summed E-state index contributed by atoms with van der Waals surface area (Å²) >= 11 is 0. The molecule has 0 unspecified atom stereocenters. The number of hydrogen-bond acceptors (Lipinski definition) is 3. The molecule has 0 aliphatic carbocycles. The maximum atomic E-state index is 13.6. The van der Waals surface area contributed by atoms with Crippen LogP contribution in [0.15, 0.2) is 33.5 Å². The van der Waals surface area contributed by atoms with Gasteiger partial charge in [0.25, 0.3) is 5.56 Å². The van der Waals surface area contributed by atoms with Crippen LogP contribution in [0.2, 0.25) is 0 Å². The molecule has 2 heterocycles. The van der Waals surface area contributed by atoms with Gasteiger partial charge in [0.05, 0.1) is 0 Å². The first kappa shape index (κ1) is 11.6. The molecule has 0 aliphatic heterocycles. The topological polar surface area (TPSA) is 58.9 Å². The monoisotopic (exact) mass is 258 g/mol. The zero-order valence-corrected chi connectivity index (χ0v) is 10.5.